The van der Waals surface area contributed by atoms with Gasteiger partial charge in [-0.1, -0.05) is 42.1 Å². The highest BCUT2D eigenvalue weighted by Crippen LogP contribution is 2.35. The Hall–Kier alpha value is -2.75. The number of nitrogens with zero attached hydrogens (tertiary/aromatic N) is 3. The van der Waals surface area contributed by atoms with E-state index in [1.54, 1.807) is 30.2 Å². The lowest BCUT2D eigenvalue weighted by molar-refractivity contribution is -0.115. The van der Waals surface area contributed by atoms with Gasteiger partial charge in [-0.3, -0.25) is 9.36 Å². The highest BCUT2D eigenvalue weighted by molar-refractivity contribution is 8.00. The molecule has 6 nitrogen and oxygen atoms in total. The molecule has 0 fully saturated rings. The van der Waals surface area contributed by atoms with Gasteiger partial charge in [0.25, 0.3) is 0 Å². The van der Waals surface area contributed by atoms with Gasteiger partial charge in [-0.15, -0.1) is 33.3 Å². The van der Waals surface area contributed by atoms with Gasteiger partial charge in [0.1, 0.15) is 5.75 Å². The van der Waals surface area contributed by atoms with Gasteiger partial charge in [0.15, 0.2) is 11.0 Å². The summed E-state index contributed by atoms with van der Waals surface area (Å²) in [5.74, 6) is 1.33. The van der Waals surface area contributed by atoms with E-state index in [2.05, 4.69) is 15.5 Å². The fourth-order valence-corrected chi connectivity index (χ4v) is 5.25. The maximum atomic E-state index is 13.0. The minimum absolute atomic E-state index is 0.0937. The van der Waals surface area contributed by atoms with Crippen molar-refractivity contribution in [3.63, 3.8) is 0 Å². The van der Waals surface area contributed by atoms with Gasteiger partial charge in [-0.2, -0.15) is 0 Å². The van der Waals surface area contributed by atoms with E-state index in [0.717, 1.165) is 21.1 Å². The highest BCUT2D eigenvalue weighted by Gasteiger charge is 2.24. The Kier molecular flexibility index (Phi) is 7.19. The maximum absolute atomic E-state index is 13.0. The van der Waals surface area contributed by atoms with Crippen molar-refractivity contribution in [3.8, 4) is 22.1 Å². The number of hydrogen-bond donors (Lipinski definition) is 1. The molecule has 0 spiro atoms. The first-order valence-corrected chi connectivity index (χ1v) is 12.8. The number of aromatic nitrogens is 3. The average molecular weight is 483 g/mol. The van der Waals surface area contributed by atoms with Gasteiger partial charge in [0.2, 0.25) is 5.91 Å². The number of methoxy groups -OCH3 is 1. The summed E-state index contributed by atoms with van der Waals surface area (Å²) in [5, 5.41) is 14.1. The molecule has 2 heterocycles. The van der Waals surface area contributed by atoms with Crippen LogP contribution in [0.4, 0.5) is 5.69 Å². The molecule has 32 heavy (non-hydrogen) atoms. The molecule has 164 valence electrons. The number of thioether (sulfide) groups is 2. The molecule has 2 aromatic carbocycles. The molecule has 1 N–H and O–H groups in total. The Labute approximate surface area is 199 Å². The van der Waals surface area contributed by atoms with Crippen molar-refractivity contribution >= 4 is 46.5 Å². The molecular weight excluding hydrogens is 460 g/mol. The molecule has 1 amide bonds. The van der Waals surface area contributed by atoms with Crippen LogP contribution in [0.25, 0.3) is 16.4 Å². The molecule has 0 saturated heterocycles. The number of para-hydroxylation sites is 3. The van der Waals surface area contributed by atoms with Gasteiger partial charge in [0.05, 0.1) is 28.6 Å². The van der Waals surface area contributed by atoms with Crippen molar-refractivity contribution in [2.24, 2.45) is 0 Å². The molecule has 0 radical (unpaired) electrons. The second-order valence-electron chi connectivity index (χ2n) is 6.74. The number of benzene rings is 2. The van der Waals surface area contributed by atoms with Gasteiger partial charge >= 0.3 is 0 Å². The predicted molar refractivity (Wildman–Crippen MR) is 133 cm³/mol. The van der Waals surface area contributed by atoms with E-state index in [4.69, 9.17) is 4.74 Å². The van der Waals surface area contributed by atoms with Gasteiger partial charge < -0.3 is 10.1 Å². The molecule has 4 rings (SSSR count). The number of nitrogens with one attached hydrogen (secondary N) is 1. The summed E-state index contributed by atoms with van der Waals surface area (Å²) in [6.07, 6.45) is 1.99. The lowest BCUT2D eigenvalue weighted by Crippen LogP contribution is -2.23. The van der Waals surface area contributed by atoms with Crippen molar-refractivity contribution in [2.45, 2.75) is 22.2 Å². The molecule has 0 saturated carbocycles. The molecule has 0 aliphatic carbocycles. The van der Waals surface area contributed by atoms with E-state index in [-0.39, 0.29) is 5.91 Å². The second kappa shape index (κ2) is 10.2. The van der Waals surface area contributed by atoms with Crippen molar-refractivity contribution in [1.29, 1.82) is 0 Å². The van der Waals surface area contributed by atoms with Crippen molar-refractivity contribution in [3.05, 3.63) is 66.0 Å². The van der Waals surface area contributed by atoms with E-state index in [0.29, 0.717) is 16.7 Å². The van der Waals surface area contributed by atoms with E-state index in [9.17, 15) is 4.79 Å². The third kappa shape index (κ3) is 4.69. The summed E-state index contributed by atoms with van der Waals surface area (Å²) in [6, 6.07) is 19.5. The van der Waals surface area contributed by atoms with Crippen LogP contribution in [0.1, 0.15) is 6.92 Å². The number of hydrogen-bond acceptors (Lipinski definition) is 7. The first-order chi connectivity index (χ1) is 15.6. The van der Waals surface area contributed by atoms with E-state index in [1.807, 2.05) is 83.8 Å². The summed E-state index contributed by atoms with van der Waals surface area (Å²) in [5.41, 5.74) is 1.63. The normalized spacial score (nSPS) is 11.8. The molecule has 9 heteroatoms. The van der Waals surface area contributed by atoms with Gasteiger partial charge in [0, 0.05) is 4.90 Å². The first kappa shape index (κ1) is 22.4. The van der Waals surface area contributed by atoms with Crippen LogP contribution in [0.15, 0.2) is 76.1 Å². The largest absolute Gasteiger partial charge is 0.495 e. The zero-order chi connectivity index (χ0) is 22.5. The molecule has 0 bridgehead atoms. The number of anilines is 1. The summed E-state index contributed by atoms with van der Waals surface area (Å²) >= 11 is 4.55. The quantitative estimate of drug-likeness (QED) is 0.318. The number of carbonyl (C=O) groups excluding carboxylic acids is 1. The minimum atomic E-state index is -0.390. The van der Waals surface area contributed by atoms with Crippen LogP contribution in [0, 0.1) is 0 Å². The molecule has 0 aliphatic heterocycles. The topological polar surface area (TPSA) is 69.0 Å². The lowest BCUT2D eigenvalue weighted by atomic mass is 10.3. The Morgan fingerprint density at radius 1 is 1.09 bits per heavy atom. The molecule has 1 unspecified atom stereocenters. The number of thiophene rings is 1. The Morgan fingerprint density at radius 2 is 1.88 bits per heavy atom. The van der Waals surface area contributed by atoms with Crippen LogP contribution in [0.3, 0.4) is 0 Å². The third-order valence-corrected chi connectivity index (χ3v) is 7.42. The van der Waals surface area contributed by atoms with Crippen molar-refractivity contribution < 1.29 is 9.53 Å². The van der Waals surface area contributed by atoms with E-state index < -0.39 is 5.25 Å². The lowest BCUT2D eigenvalue weighted by Gasteiger charge is -2.16. The van der Waals surface area contributed by atoms with Crippen LogP contribution < -0.4 is 10.1 Å². The van der Waals surface area contributed by atoms with Crippen LogP contribution in [0.2, 0.25) is 0 Å². The van der Waals surface area contributed by atoms with Crippen LogP contribution in [-0.2, 0) is 4.79 Å². The molecular formula is C23H22N4O2S3. The highest BCUT2D eigenvalue weighted by atomic mass is 32.2. The monoisotopic (exact) mass is 482 g/mol. The number of amides is 1. The fraction of sp³-hybridized carbons (Fsp3) is 0.174. The first-order valence-electron chi connectivity index (χ1n) is 9.85. The third-order valence-electron chi connectivity index (χ3n) is 4.72. The summed E-state index contributed by atoms with van der Waals surface area (Å²) in [4.78, 5) is 15.0. The van der Waals surface area contributed by atoms with E-state index in [1.165, 1.54) is 11.8 Å². The average Bonchev–Trinajstić information content (AvgIpc) is 3.49. The molecule has 2 aromatic heterocycles. The van der Waals surface area contributed by atoms with Gasteiger partial charge in [-0.05, 0) is 48.9 Å². The van der Waals surface area contributed by atoms with Crippen LogP contribution in [0.5, 0.6) is 5.75 Å². The summed E-state index contributed by atoms with van der Waals surface area (Å²) in [7, 11) is 1.64. The minimum Gasteiger partial charge on any atom is -0.495 e. The zero-order valence-electron chi connectivity index (χ0n) is 17.8. The smallest absolute Gasteiger partial charge is 0.237 e. The number of carbonyl (C=O) groups is 1. The number of ether oxygens (including phenoxy) is 1. The molecule has 1 atom stereocenters. The van der Waals surface area contributed by atoms with E-state index >= 15 is 0 Å². The predicted octanol–water partition coefficient (Wildman–Crippen LogP) is 5.85. The Bertz CT molecular complexity index is 1210. The SMILES string of the molecule is COc1ccccc1-n1c(SC(C)C(=O)Nc2ccccc2SC)nnc1-c1cccs1. The van der Waals surface area contributed by atoms with Crippen LogP contribution in [-0.4, -0.2) is 39.3 Å². The number of rotatable bonds is 8. The standard InChI is InChI=1S/C23H22N4O2S3/c1-15(22(28)24-16-9-4-7-12-19(16)30-3)32-23-26-25-21(20-13-8-14-31-20)27(23)17-10-5-6-11-18(17)29-2/h4-15H,1-3H3,(H,24,28). The molecule has 0 aliphatic rings. The summed E-state index contributed by atoms with van der Waals surface area (Å²) in [6.45, 7) is 1.87. The fourth-order valence-electron chi connectivity index (χ4n) is 3.14. The zero-order valence-corrected chi connectivity index (χ0v) is 20.3. The van der Waals surface area contributed by atoms with Gasteiger partial charge in [-0.25, -0.2) is 0 Å². The van der Waals surface area contributed by atoms with Crippen molar-refractivity contribution in [1.82, 2.24) is 14.8 Å². The Balaban J connectivity index is 1.66. The van der Waals surface area contributed by atoms with Crippen LogP contribution >= 0.6 is 34.9 Å². The Morgan fingerprint density at radius 3 is 2.62 bits per heavy atom. The van der Waals surface area contributed by atoms with Crippen molar-refractivity contribution in [2.75, 3.05) is 18.7 Å². The maximum Gasteiger partial charge on any atom is 0.237 e. The summed E-state index contributed by atoms with van der Waals surface area (Å²) < 4.78 is 7.54. The second-order valence-corrected chi connectivity index (χ2v) is 9.84. The molecule has 4 aromatic rings.